The Hall–Kier alpha value is -0.380. The molecule has 0 fully saturated rings. The Balaban J connectivity index is 1.82. The van der Waals surface area contributed by atoms with Crippen molar-refractivity contribution in [3.05, 3.63) is 21.9 Å². The van der Waals surface area contributed by atoms with Gasteiger partial charge >= 0.3 is 0 Å². The zero-order valence-corrected chi connectivity index (χ0v) is 13.4. The van der Waals surface area contributed by atoms with Crippen LogP contribution in [0.2, 0.25) is 0 Å². The van der Waals surface area contributed by atoms with E-state index in [4.69, 9.17) is 0 Å². The van der Waals surface area contributed by atoms with Crippen LogP contribution in [0.5, 0.6) is 0 Å². The average molecular weight is 295 g/mol. The lowest BCUT2D eigenvalue weighted by Crippen LogP contribution is -1.80. The predicted octanol–water partition coefficient (Wildman–Crippen LogP) is 6.61. The highest BCUT2D eigenvalue weighted by Gasteiger charge is 2.11. The van der Waals surface area contributed by atoms with E-state index in [1.165, 1.54) is 51.1 Å². The summed E-state index contributed by atoms with van der Waals surface area (Å²) in [6.45, 7) is 4.49. The number of aryl methyl sites for hydroxylation is 2. The fourth-order valence-electron chi connectivity index (χ4n) is 2.35. The Labute approximate surface area is 120 Å². The number of hydrogen-bond acceptors (Lipinski definition) is 3. The molecule has 0 radical (unpaired) electrons. The van der Waals surface area contributed by atoms with E-state index in [0.717, 1.165) is 0 Å². The number of unbranched alkanes of at least 4 members (excludes halogenated alkanes) is 3. The summed E-state index contributed by atoms with van der Waals surface area (Å²) in [5.41, 5.74) is 0. The van der Waals surface area contributed by atoms with Crippen LogP contribution in [0.4, 0.5) is 0 Å². The second-order valence-corrected chi connectivity index (χ2v) is 8.35. The lowest BCUT2D eigenvalue weighted by molar-refractivity contribution is 0.670. The van der Waals surface area contributed by atoms with Gasteiger partial charge in [-0.25, -0.2) is 0 Å². The van der Waals surface area contributed by atoms with Gasteiger partial charge in [0, 0.05) is 19.2 Å². The van der Waals surface area contributed by atoms with E-state index >= 15 is 0 Å². The first-order valence-electron chi connectivity index (χ1n) is 6.69. The minimum atomic E-state index is 1.28. The minimum Gasteiger partial charge on any atom is -0.138 e. The van der Waals surface area contributed by atoms with E-state index in [1.54, 1.807) is 9.58 Å². The molecule has 0 saturated carbocycles. The van der Waals surface area contributed by atoms with E-state index in [1.807, 2.05) is 34.0 Å². The summed E-state index contributed by atoms with van der Waals surface area (Å²) in [4.78, 5) is 3.02. The highest BCUT2D eigenvalue weighted by atomic mass is 32.1. The van der Waals surface area contributed by atoms with Gasteiger partial charge in [-0.1, -0.05) is 26.2 Å². The van der Waals surface area contributed by atoms with Crippen molar-refractivity contribution in [2.45, 2.75) is 46.0 Å². The molecule has 3 aromatic heterocycles. The zero-order valence-electron chi connectivity index (χ0n) is 10.9. The Morgan fingerprint density at radius 3 is 2.50 bits per heavy atom. The molecule has 0 nitrogen and oxygen atoms in total. The smallest absolute Gasteiger partial charge is 0.0632 e. The molecular formula is C15H18S3. The fourth-order valence-corrected chi connectivity index (χ4v) is 6.35. The summed E-state index contributed by atoms with van der Waals surface area (Å²) < 4.78 is 6.05. The summed E-state index contributed by atoms with van der Waals surface area (Å²) in [7, 11) is 0. The first-order chi connectivity index (χ1) is 8.78. The number of rotatable bonds is 5. The van der Waals surface area contributed by atoms with E-state index in [2.05, 4.69) is 26.0 Å². The molecule has 0 saturated heterocycles. The van der Waals surface area contributed by atoms with Crippen LogP contribution in [0.3, 0.4) is 0 Å². The monoisotopic (exact) mass is 294 g/mol. The van der Waals surface area contributed by atoms with Crippen LogP contribution in [0.1, 0.15) is 42.4 Å². The maximum absolute atomic E-state index is 2.43. The highest BCUT2D eigenvalue weighted by molar-refractivity contribution is 7.38. The van der Waals surface area contributed by atoms with Crippen LogP contribution in [-0.2, 0) is 6.42 Å². The van der Waals surface area contributed by atoms with Crippen LogP contribution in [-0.4, -0.2) is 0 Å². The Bertz CT molecular complexity index is 654. The normalized spacial score (nSPS) is 11.9. The van der Waals surface area contributed by atoms with Gasteiger partial charge in [-0.15, -0.1) is 34.0 Å². The van der Waals surface area contributed by atoms with Gasteiger partial charge in [0.2, 0.25) is 0 Å². The molecule has 3 rings (SSSR count). The van der Waals surface area contributed by atoms with E-state index in [0.29, 0.717) is 0 Å². The largest absolute Gasteiger partial charge is 0.138 e. The summed E-state index contributed by atoms with van der Waals surface area (Å²) in [5.74, 6) is 0. The highest BCUT2D eigenvalue weighted by Crippen LogP contribution is 2.43. The summed E-state index contributed by atoms with van der Waals surface area (Å²) in [6, 6.07) is 4.76. The van der Waals surface area contributed by atoms with Gasteiger partial charge in [0.25, 0.3) is 0 Å². The lowest BCUT2D eigenvalue weighted by atomic mass is 10.1. The molecule has 18 heavy (non-hydrogen) atoms. The van der Waals surface area contributed by atoms with Gasteiger partial charge in [0.1, 0.15) is 0 Å². The average Bonchev–Trinajstić information content (AvgIpc) is 2.95. The van der Waals surface area contributed by atoms with Crippen molar-refractivity contribution < 1.29 is 0 Å². The van der Waals surface area contributed by atoms with Crippen LogP contribution >= 0.6 is 34.0 Å². The molecule has 0 aliphatic rings. The Morgan fingerprint density at radius 2 is 1.67 bits per heavy atom. The van der Waals surface area contributed by atoms with Gasteiger partial charge < -0.3 is 0 Å². The van der Waals surface area contributed by atoms with E-state index in [-0.39, 0.29) is 0 Å². The number of thiophene rings is 3. The van der Waals surface area contributed by atoms with Crippen molar-refractivity contribution in [3.8, 4) is 0 Å². The molecule has 0 atom stereocenters. The predicted molar refractivity (Wildman–Crippen MR) is 87.7 cm³/mol. The molecule has 3 heterocycles. The Morgan fingerprint density at radius 1 is 0.889 bits per heavy atom. The zero-order chi connectivity index (χ0) is 12.5. The van der Waals surface area contributed by atoms with Crippen LogP contribution in [0.15, 0.2) is 12.1 Å². The van der Waals surface area contributed by atoms with Crippen molar-refractivity contribution in [3.63, 3.8) is 0 Å². The summed E-state index contributed by atoms with van der Waals surface area (Å²) in [5, 5.41) is 0. The molecule has 0 N–H and O–H groups in total. The van der Waals surface area contributed by atoms with Gasteiger partial charge in [-0.3, -0.25) is 0 Å². The molecule has 96 valence electrons. The molecule has 0 aromatic carbocycles. The quantitative estimate of drug-likeness (QED) is 0.464. The molecule has 3 aromatic rings. The molecule has 0 spiro atoms. The fraction of sp³-hybridized carbons (Fsp3) is 0.467. The van der Waals surface area contributed by atoms with Crippen molar-refractivity contribution in [1.29, 1.82) is 0 Å². The SMILES string of the molecule is CCCCCCc1cc2sc3cc(C)sc3c2s1. The molecule has 0 amide bonds. The second kappa shape index (κ2) is 5.32. The van der Waals surface area contributed by atoms with Crippen molar-refractivity contribution in [2.75, 3.05) is 0 Å². The minimum absolute atomic E-state index is 1.28. The third kappa shape index (κ3) is 2.36. The molecule has 0 aliphatic carbocycles. The van der Waals surface area contributed by atoms with Crippen molar-refractivity contribution in [1.82, 2.24) is 0 Å². The Kier molecular flexibility index (Phi) is 3.73. The van der Waals surface area contributed by atoms with Gasteiger partial charge in [-0.2, -0.15) is 0 Å². The third-order valence-electron chi connectivity index (χ3n) is 3.27. The van der Waals surface area contributed by atoms with E-state index < -0.39 is 0 Å². The molecule has 0 aliphatic heterocycles. The standard InChI is InChI=1S/C15H18S3/c1-3-4-5-6-7-11-9-13-15(17-11)14-12(18-13)8-10(2)16-14/h8-9H,3-7H2,1-2H3. The number of hydrogen-bond donors (Lipinski definition) is 0. The topological polar surface area (TPSA) is 0 Å². The van der Waals surface area contributed by atoms with Gasteiger partial charge in [0.05, 0.1) is 9.40 Å². The first-order valence-corrected chi connectivity index (χ1v) is 9.14. The third-order valence-corrected chi connectivity index (χ3v) is 7.02. The number of fused-ring (bicyclic) bond motifs is 3. The molecule has 3 heteroatoms. The van der Waals surface area contributed by atoms with Crippen LogP contribution < -0.4 is 0 Å². The maximum Gasteiger partial charge on any atom is 0.0632 e. The van der Waals surface area contributed by atoms with Gasteiger partial charge in [0.15, 0.2) is 0 Å². The van der Waals surface area contributed by atoms with E-state index in [9.17, 15) is 0 Å². The molecular weight excluding hydrogens is 276 g/mol. The molecule has 0 bridgehead atoms. The lowest BCUT2D eigenvalue weighted by Gasteiger charge is -1.96. The van der Waals surface area contributed by atoms with Crippen LogP contribution in [0, 0.1) is 6.92 Å². The van der Waals surface area contributed by atoms with Gasteiger partial charge in [-0.05, 0) is 31.9 Å². The van der Waals surface area contributed by atoms with Crippen molar-refractivity contribution in [2.24, 2.45) is 0 Å². The summed E-state index contributed by atoms with van der Waals surface area (Å²) in [6.07, 6.45) is 6.73. The molecule has 0 unspecified atom stereocenters. The van der Waals surface area contributed by atoms with Crippen molar-refractivity contribution >= 4 is 52.8 Å². The van der Waals surface area contributed by atoms with Crippen LogP contribution in [0.25, 0.3) is 18.8 Å². The first kappa shape index (κ1) is 12.6. The second-order valence-electron chi connectivity index (χ2n) is 4.87. The maximum atomic E-state index is 2.43. The summed E-state index contributed by atoms with van der Waals surface area (Å²) >= 11 is 5.95.